The van der Waals surface area contributed by atoms with Crippen LogP contribution in [0.1, 0.15) is 187 Å². The third-order valence-corrected chi connectivity index (χ3v) is 9.16. The molecule has 0 spiro atoms. The number of esters is 2. The zero-order chi connectivity index (χ0) is 36.6. The van der Waals surface area contributed by atoms with Gasteiger partial charge in [-0.25, -0.2) is 0 Å². The number of carbonyl (C=O) groups is 2. The number of unbranched alkanes of at least 4 members (excludes halogenated alkanes) is 17. The Morgan fingerprint density at radius 3 is 1.36 bits per heavy atom. The Morgan fingerprint density at radius 2 is 0.900 bits per heavy atom. The van der Waals surface area contributed by atoms with Gasteiger partial charge in [0.15, 0.2) is 0 Å². The summed E-state index contributed by atoms with van der Waals surface area (Å²) >= 11 is 0. The van der Waals surface area contributed by atoms with Gasteiger partial charge in [-0.1, -0.05) is 165 Å². The summed E-state index contributed by atoms with van der Waals surface area (Å²) in [5.74, 6) is 0.258. The maximum absolute atomic E-state index is 12.0. The molecule has 2 atom stereocenters. The van der Waals surface area contributed by atoms with Crippen molar-refractivity contribution in [2.24, 2.45) is 5.92 Å². The maximum atomic E-state index is 12.0. The van der Waals surface area contributed by atoms with Crippen LogP contribution in [-0.2, 0) is 19.1 Å². The van der Waals surface area contributed by atoms with Crippen LogP contribution in [0.15, 0.2) is 48.6 Å². The minimum Gasteiger partial charge on any atom is -0.463 e. The molecule has 0 rings (SSSR count). The lowest BCUT2D eigenvalue weighted by Crippen LogP contribution is -2.25. The molecule has 0 aliphatic heterocycles. The predicted molar refractivity (Wildman–Crippen MR) is 211 cm³/mol. The van der Waals surface area contributed by atoms with Crippen LogP contribution in [0.5, 0.6) is 0 Å². The van der Waals surface area contributed by atoms with E-state index in [1.165, 1.54) is 83.5 Å². The van der Waals surface area contributed by atoms with E-state index in [1.54, 1.807) is 0 Å². The molecule has 0 saturated heterocycles. The summed E-state index contributed by atoms with van der Waals surface area (Å²) in [4.78, 5) is 23.9. The van der Waals surface area contributed by atoms with Gasteiger partial charge in [-0.15, -0.1) is 0 Å². The molecule has 0 aromatic carbocycles. The number of aliphatic hydroxyl groups is 2. The molecule has 0 aromatic heterocycles. The van der Waals surface area contributed by atoms with E-state index in [0.29, 0.717) is 25.9 Å². The molecule has 0 amide bonds. The highest BCUT2D eigenvalue weighted by Crippen LogP contribution is 2.16. The minimum absolute atomic E-state index is 0.139. The lowest BCUT2D eigenvalue weighted by Gasteiger charge is -2.12. The first-order valence-corrected chi connectivity index (χ1v) is 20.7. The highest BCUT2D eigenvalue weighted by Gasteiger charge is 2.12. The fourth-order valence-corrected chi connectivity index (χ4v) is 5.62. The number of aliphatic hydroxyl groups excluding tert-OH is 2. The summed E-state index contributed by atoms with van der Waals surface area (Å²) < 4.78 is 10.3. The molecule has 0 heterocycles. The van der Waals surface area contributed by atoms with E-state index in [4.69, 9.17) is 14.6 Å². The van der Waals surface area contributed by atoms with E-state index in [2.05, 4.69) is 62.5 Å². The molecule has 2 N–H and O–H groups in total. The first kappa shape index (κ1) is 47.8. The van der Waals surface area contributed by atoms with E-state index in [-0.39, 0.29) is 25.2 Å². The van der Waals surface area contributed by atoms with Crippen molar-refractivity contribution < 1.29 is 29.3 Å². The molecule has 0 radical (unpaired) electrons. The molecule has 0 aliphatic rings. The number of ether oxygens (including phenoxy) is 2. The van der Waals surface area contributed by atoms with Gasteiger partial charge >= 0.3 is 11.9 Å². The lowest BCUT2D eigenvalue weighted by atomic mass is 9.99. The molecule has 0 bridgehead atoms. The third kappa shape index (κ3) is 38.6. The monoisotopic (exact) mass is 703 g/mol. The largest absolute Gasteiger partial charge is 0.463 e. The van der Waals surface area contributed by atoms with Gasteiger partial charge in [0.25, 0.3) is 0 Å². The normalized spacial score (nSPS) is 13.3. The predicted octanol–water partition coefficient (Wildman–Crippen LogP) is 11.8. The Morgan fingerprint density at radius 1 is 0.520 bits per heavy atom. The fraction of sp³-hybridized carbons (Fsp3) is 0.773. The van der Waals surface area contributed by atoms with Gasteiger partial charge in [0, 0.05) is 19.4 Å². The van der Waals surface area contributed by atoms with Crippen LogP contribution in [0, 0.1) is 5.92 Å². The van der Waals surface area contributed by atoms with Crippen LogP contribution in [0.2, 0.25) is 0 Å². The smallest absolute Gasteiger partial charge is 0.305 e. The Labute approximate surface area is 308 Å². The van der Waals surface area contributed by atoms with Gasteiger partial charge < -0.3 is 19.7 Å². The summed E-state index contributed by atoms with van der Waals surface area (Å²) in [6.45, 7) is 4.66. The number of carbonyl (C=O) groups excluding carboxylic acids is 2. The van der Waals surface area contributed by atoms with Crippen molar-refractivity contribution in [2.75, 3.05) is 19.8 Å². The number of hydrogen-bond donors (Lipinski definition) is 2. The second kappa shape index (κ2) is 39.6. The Balaban J connectivity index is 3.52. The zero-order valence-electron chi connectivity index (χ0n) is 32.5. The minimum atomic E-state index is -0.992. The number of hydrogen-bond acceptors (Lipinski definition) is 6. The molecule has 0 aliphatic carbocycles. The molecular weight excluding hydrogens is 624 g/mol. The van der Waals surface area contributed by atoms with Gasteiger partial charge in [-0.3, -0.25) is 9.59 Å². The molecule has 0 aromatic rings. The first-order chi connectivity index (χ1) is 24.5. The molecule has 0 saturated carbocycles. The van der Waals surface area contributed by atoms with E-state index in [0.717, 1.165) is 76.5 Å². The summed E-state index contributed by atoms with van der Waals surface area (Å²) in [7, 11) is 0. The van der Waals surface area contributed by atoms with Gasteiger partial charge in [0.2, 0.25) is 0 Å². The van der Waals surface area contributed by atoms with Crippen molar-refractivity contribution >= 4 is 11.9 Å². The SMILES string of the molecule is CCC(C)CCCCCCCCCCCCCCCCC(=O)OC[C@@H](O)COC(=O)CCC/C=C\C/C=C\C/C=C\C/C=C\CCCCCO. The summed E-state index contributed by atoms with van der Waals surface area (Å²) in [5, 5.41) is 18.8. The van der Waals surface area contributed by atoms with E-state index < -0.39 is 6.10 Å². The molecule has 6 nitrogen and oxygen atoms in total. The third-order valence-electron chi connectivity index (χ3n) is 9.16. The van der Waals surface area contributed by atoms with Gasteiger partial charge in [0.05, 0.1) is 0 Å². The van der Waals surface area contributed by atoms with Crippen LogP contribution >= 0.6 is 0 Å². The van der Waals surface area contributed by atoms with Crippen LogP contribution in [0.25, 0.3) is 0 Å². The quantitative estimate of drug-likeness (QED) is 0.0380. The topological polar surface area (TPSA) is 93.1 Å². The second-order valence-corrected chi connectivity index (χ2v) is 14.1. The van der Waals surface area contributed by atoms with E-state index >= 15 is 0 Å². The molecule has 6 heteroatoms. The zero-order valence-corrected chi connectivity index (χ0v) is 32.5. The van der Waals surface area contributed by atoms with Crippen LogP contribution in [0.3, 0.4) is 0 Å². The Bertz CT molecular complexity index is 861. The average molecular weight is 703 g/mol. The van der Waals surface area contributed by atoms with Gasteiger partial charge in [-0.2, -0.15) is 0 Å². The second-order valence-electron chi connectivity index (χ2n) is 14.1. The fourth-order valence-electron chi connectivity index (χ4n) is 5.62. The first-order valence-electron chi connectivity index (χ1n) is 20.7. The lowest BCUT2D eigenvalue weighted by molar-refractivity contribution is -0.152. The van der Waals surface area contributed by atoms with Gasteiger partial charge in [0.1, 0.15) is 19.3 Å². The average Bonchev–Trinajstić information content (AvgIpc) is 3.12. The summed E-state index contributed by atoms with van der Waals surface area (Å²) in [5.41, 5.74) is 0. The van der Waals surface area contributed by atoms with E-state index in [1.807, 2.05) is 0 Å². The van der Waals surface area contributed by atoms with Crippen LogP contribution < -0.4 is 0 Å². The number of allylic oxidation sites excluding steroid dienone is 8. The van der Waals surface area contributed by atoms with Crippen molar-refractivity contribution in [3.63, 3.8) is 0 Å². The van der Waals surface area contributed by atoms with E-state index in [9.17, 15) is 14.7 Å². The molecule has 50 heavy (non-hydrogen) atoms. The summed E-state index contributed by atoms with van der Waals surface area (Å²) in [6, 6.07) is 0. The number of rotatable bonds is 37. The van der Waals surface area contributed by atoms with Crippen LogP contribution in [0.4, 0.5) is 0 Å². The Hall–Kier alpha value is -2.18. The molecular formula is C44H78O6. The standard InChI is InChI=1S/C44H78O6/c1-3-41(2)35-31-27-23-19-15-11-8-9-13-17-21-25-29-33-37-44(48)50-40-42(46)39-49-43(47)36-32-28-24-20-16-12-7-5-4-6-10-14-18-22-26-30-34-38-45/h4,6-7,12,14,18,20,24,41-42,45-46H,3,5,8-11,13,15-17,19,21-23,25-40H2,1-2H3/b6-4-,12-7-,18-14-,24-20-/t41?,42-/m0/s1. The van der Waals surface area contributed by atoms with Crippen molar-refractivity contribution in [2.45, 2.75) is 193 Å². The molecule has 0 fully saturated rings. The highest BCUT2D eigenvalue weighted by molar-refractivity contribution is 5.69. The van der Waals surface area contributed by atoms with Crippen LogP contribution in [-0.4, -0.2) is 48.1 Å². The molecule has 290 valence electrons. The Kier molecular flexibility index (Phi) is 37.9. The van der Waals surface area contributed by atoms with Crippen molar-refractivity contribution in [1.82, 2.24) is 0 Å². The highest BCUT2D eigenvalue weighted by atomic mass is 16.6. The van der Waals surface area contributed by atoms with Gasteiger partial charge in [-0.05, 0) is 63.7 Å². The summed E-state index contributed by atoms with van der Waals surface area (Å²) in [6.07, 6.45) is 46.1. The van der Waals surface area contributed by atoms with Crippen molar-refractivity contribution in [1.29, 1.82) is 0 Å². The maximum Gasteiger partial charge on any atom is 0.305 e. The van der Waals surface area contributed by atoms with Crippen molar-refractivity contribution in [3.8, 4) is 0 Å². The molecule has 1 unspecified atom stereocenters. The van der Waals surface area contributed by atoms with Crippen molar-refractivity contribution in [3.05, 3.63) is 48.6 Å².